The standard InChI is InChI=1S/C17H23NO5/c19-17(11-20-10-14-3-1-2-8-21-14)18-7-6-13-4-5-15-16(9-13)23-12-22-15/h4-5,9,14H,1-3,6-8,10-12H2,(H,18,19)/t14-/m1/s1. The molecule has 1 saturated heterocycles. The molecule has 0 bridgehead atoms. The van der Waals surface area contributed by atoms with Gasteiger partial charge in [-0.2, -0.15) is 0 Å². The summed E-state index contributed by atoms with van der Waals surface area (Å²) >= 11 is 0. The zero-order valence-corrected chi connectivity index (χ0v) is 13.2. The van der Waals surface area contributed by atoms with Crippen molar-refractivity contribution >= 4 is 5.91 Å². The molecule has 0 aromatic heterocycles. The number of hydrogen-bond donors (Lipinski definition) is 1. The fourth-order valence-corrected chi connectivity index (χ4v) is 2.72. The van der Waals surface area contributed by atoms with E-state index in [0.29, 0.717) is 13.2 Å². The normalized spacial score (nSPS) is 19.6. The molecule has 0 unspecified atom stereocenters. The topological polar surface area (TPSA) is 66.0 Å². The molecular weight excluding hydrogens is 298 g/mol. The quantitative estimate of drug-likeness (QED) is 0.827. The van der Waals surface area contributed by atoms with Crippen molar-refractivity contribution in [2.75, 3.05) is 33.2 Å². The van der Waals surface area contributed by atoms with E-state index in [1.54, 1.807) is 0 Å². The van der Waals surface area contributed by atoms with Gasteiger partial charge in [-0.3, -0.25) is 4.79 Å². The minimum absolute atomic E-state index is 0.0843. The molecule has 2 aliphatic heterocycles. The van der Waals surface area contributed by atoms with Crippen LogP contribution in [0.25, 0.3) is 0 Å². The smallest absolute Gasteiger partial charge is 0.246 e. The highest BCUT2D eigenvalue weighted by Crippen LogP contribution is 2.32. The van der Waals surface area contributed by atoms with E-state index in [1.807, 2.05) is 18.2 Å². The number of benzene rings is 1. The summed E-state index contributed by atoms with van der Waals surface area (Å²) in [7, 11) is 0. The van der Waals surface area contributed by atoms with E-state index < -0.39 is 0 Å². The molecule has 2 aliphatic rings. The van der Waals surface area contributed by atoms with Crippen molar-refractivity contribution in [2.24, 2.45) is 0 Å². The van der Waals surface area contributed by atoms with Crippen molar-refractivity contribution in [1.82, 2.24) is 5.32 Å². The molecule has 0 saturated carbocycles. The van der Waals surface area contributed by atoms with E-state index in [2.05, 4.69) is 5.32 Å². The molecule has 6 nitrogen and oxygen atoms in total. The summed E-state index contributed by atoms with van der Waals surface area (Å²) in [5.41, 5.74) is 1.10. The summed E-state index contributed by atoms with van der Waals surface area (Å²) in [5.74, 6) is 1.45. The van der Waals surface area contributed by atoms with Gasteiger partial charge in [0.25, 0.3) is 0 Å². The minimum atomic E-state index is -0.0958. The van der Waals surface area contributed by atoms with Crippen molar-refractivity contribution in [2.45, 2.75) is 31.8 Å². The molecule has 1 atom stereocenters. The molecule has 1 N–H and O–H groups in total. The lowest BCUT2D eigenvalue weighted by atomic mass is 10.1. The summed E-state index contributed by atoms with van der Waals surface area (Å²) < 4.78 is 21.6. The molecule has 1 amide bonds. The molecule has 126 valence electrons. The van der Waals surface area contributed by atoms with Crippen LogP contribution in [0.3, 0.4) is 0 Å². The molecule has 2 heterocycles. The van der Waals surface area contributed by atoms with Gasteiger partial charge in [0.2, 0.25) is 12.7 Å². The van der Waals surface area contributed by atoms with Crippen molar-refractivity contribution in [1.29, 1.82) is 0 Å². The Bertz CT molecular complexity index is 528. The van der Waals surface area contributed by atoms with Gasteiger partial charge in [0.05, 0.1) is 12.7 Å². The Morgan fingerprint density at radius 3 is 3.04 bits per heavy atom. The summed E-state index contributed by atoms with van der Waals surface area (Å²) in [4.78, 5) is 11.7. The van der Waals surface area contributed by atoms with Crippen LogP contribution in [0.1, 0.15) is 24.8 Å². The summed E-state index contributed by atoms with van der Waals surface area (Å²) in [6.45, 7) is 2.23. The molecule has 0 radical (unpaired) electrons. The van der Waals surface area contributed by atoms with Crippen LogP contribution in [0.4, 0.5) is 0 Å². The third-order valence-electron chi connectivity index (χ3n) is 3.98. The minimum Gasteiger partial charge on any atom is -0.454 e. The summed E-state index contributed by atoms with van der Waals surface area (Å²) in [5, 5.41) is 2.86. The Hall–Kier alpha value is -1.79. The van der Waals surface area contributed by atoms with E-state index in [-0.39, 0.29) is 25.4 Å². The highest BCUT2D eigenvalue weighted by Gasteiger charge is 2.15. The van der Waals surface area contributed by atoms with Crippen LogP contribution < -0.4 is 14.8 Å². The second-order valence-corrected chi connectivity index (χ2v) is 5.79. The SMILES string of the molecule is O=C(COC[C@H]1CCCCO1)NCCc1ccc2c(c1)OCO2. The average molecular weight is 321 g/mol. The third-order valence-corrected chi connectivity index (χ3v) is 3.98. The Morgan fingerprint density at radius 1 is 1.26 bits per heavy atom. The van der Waals surface area contributed by atoms with Crippen molar-refractivity contribution in [3.05, 3.63) is 23.8 Å². The van der Waals surface area contributed by atoms with E-state index in [0.717, 1.165) is 42.9 Å². The van der Waals surface area contributed by atoms with Crippen LogP contribution in [0, 0.1) is 0 Å². The zero-order chi connectivity index (χ0) is 15.9. The average Bonchev–Trinajstić information content (AvgIpc) is 3.03. The summed E-state index contributed by atoms with van der Waals surface area (Å²) in [6, 6.07) is 5.83. The predicted molar refractivity (Wildman–Crippen MR) is 83.7 cm³/mol. The van der Waals surface area contributed by atoms with Gasteiger partial charge in [-0.25, -0.2) is 0 Å². The fourth-order valence-electron chi connectivity index (χ4n) is 2.72. The fraction of sp³-hybridized carbons (Fsp3) is 0.588. The van der Waals surface area contributed by atoms with Crippen LogP contribution in [0.2, 0.25) is 0 Å². The lowest BCUT2D eigenvalue weighted by Crippen LogP contribution is -2.32. The van der Waals surface area contributed by atoms with E-state index >= 15 is 0 Å². The van der Waals surface area contributed by atoms with Gasteiger partial charge in [-0.1, -0.05) is 6.07 Å². The van der Waals surface area contributed by atoms with Crippen LogP contribution in [0.15, 0.2) is 18.2 Å². The van der Waals surface area contributed by atoms with Crippen molar-refractivity contribution < 1.29 is 23.7 Å². The van der Waals surface area contributed by atoms with Crippen LogP contribution in [-0.2, 0) is 20.7 Å². The molecule has 0 aliphatic carbocycles. The Kier molecular flexibility index (Phi) is 5.71. The number of carbonyl (C=O) groups excluding carboxylic acids is 1. The number of hydrogen-bond acceptors (Lipinski definition) is 5. The van der Waals surface area contributed by atoms with Gasteiger partial charge in [0.1, 0.15) is 6.61 Å². The lowest BCUT2D eigenvalue weighted by Gasteiger charge is -2.22. The van der Waals surface area contributed by atoms with Crippen LogP contribution in [0.5, 0.6) is 11.5 Å². The van der Waals surface area contributed by atoms with E-state index in [4.69, 9.17) is 18.9 Å². The molecule has 23 heavy (non-hydrogen) atoms. The molecule has 3 rings (SSSR count). The highest BCUT2D eigenvalue weighted by molar-refractivity contribution is 5.77. The number of nitrogens with one attached hydrogen (secondary N) is 1. The monoisotopic (exact) mass is 321 g/mol. The van der Waals surface area contributed by atoms with Gasteiger partial charge >= 0.3 is 0 Å². The second-order valence-electron chi connectivity index (χ2n) is 5.79. The molecule has 1 fully saturated rings. The van der Waals surface area contributed by atoms with E-state index in [1.165, 1.54) is 6.42 Å². The Labute approximate surface area is 136 Å². The maximum atomic E-state index is 11.7. The zero-order valence-electron chi connectivity index (χ0n) is 13.2. The maximum Gasteiger partial charge on any atom is 0.246 e. The first-order chi connectivity index (χ1) is 11.3. The number of amides is 1. The van der Waals surface area contributed by atoms with Crippen LogP contribution in [-0.4, -0.2) is 45.2 Å². The first kappa shape index (κ1) is 16.1. The maximum absolute atomic E-state index is 11.7. The molecule has 0 spiro atoms. The first-order valence-electron chi connectivity index (χ1n) is 8.16. The van der Waals surface area contributed by atoms with Gasteiger partial charge in [-0.05, 0) is 43.4 Å². The third kappa shape index (κ3) is 4.84. The van der Waals surface area contributed by atoms with Crippen molar-refractivity contribution in [3.8, 4) is 11.5 Å². The van der Waals surface area contributed by atoms with Gasteiger partial charge in [0, 0.05) is 13.2 Å². The molecule has 1 aromatic rings. The predicted octanol–water partition coefficient (Wildman–Crippen LogP) is 1.66. The largest absolute Gasteiger partial charge is 0.454 e. The molecule has 6 heteroatoms. The first-order valence-corrected chi connectivity index (χ1v) is 8.16. The number of rotatable bonds is 7. The van der Waals surface area contributed by atoms with Gasteiger partial charge in [-0.15, -0.1) is 0 Å². The number of fused-ring (bicyclic) bond motifs is 1. The Balaban J connectivity index is 1.30. The van der Waals surface area contributed by atoms with Crippen molar-refractivity contribution in [3.63, 3.8) is 0 Å². The van der Waals surface area contributed by atoms with Gasteiger partial charge < -0.3 is 24.3 Å². The lowest BCUT2D eigenvalue weighted by molar-refractivity contribution is -0.127. The molecular formula is C17H23NO5. The van der Waals surface area contributed by atoms with E-state index in [9.17, 15) is 4.79 Å². The second kappa shape index (κ2) is 8.17. The summed E-state index contributed by atoms with van der Waals surface area (Å²) in [6.07, 6.45) is 4.21. The van der Waals surface area contributed by atoms with Crippen LogP contribution >= 0.6 is 0 Å². The Morgan fingerprint density at radius 2 is 2.17 bits per heavy atom. The number of carbonyl (C=O) groups is 1. The number of ether oxygens (including phenoxy) is 4. The molecule has 1 aromatic carbocycles. The highest BCUT2D eigenvalue weighted by atomic mass is 16.7. The van der Waals surface area contributed by atoms with Gasteiger partial charge in [0.15, 0.2) is 11.5 Å².